The van der Waals surface area contributed by atoms with Crippen molar-refractivity contribution in [3.05, 3.63) is 39.0 Å². The molecule has 0 bridgehead atoms. The summed E-state index contributed by atoms with van der Waals surface area (Å²) in [6.45, 7) is 0.162. The molecule has 0 saturated carbocycles. The van der Waals surface area contributed by atoms with Gasteiger partial charge in [0, 0.05) is 19.2 Å². The van der Waals surface area contributed by atoms with Crippen LogP contribution in [-0.2, 0) is 18.4 Å². The van der Waals surface area contributed by atoms with E-state index < -0.39 is 0 Å². The summed E-state index contributed by atoms with van der Waals surface area (Å²) in [5.74, 6) is -0.332. The maximum atomic E-state index is 11.9. The molecule has 0 fully saturated rings. The maximum Gasteiger partial charge on any atom is 0.345 e. The van der Waals surface area contributed by atoms with Crippen LogP contribution < -0.4 is 16.7 Å². The third-order valence-corrected chi connectivity index (χ3v) is 3.36. The Balaban J connectivity index is 2.03. The van der Waals surface area contributed by atoms with Crippen LogP contribution in [0, 0.1) is 0 Å². The van der Waals surface area contributed by atoms with Crippen molar-refractivity contribution in [2.45, 2.75) is 13.0 Å². The van der Waals surface area contributed by atoms with Crippen molar-refractivity contribution in [3.63, 3.8) is 0 Å². The maximum absolute atomic E-state index is 11.9. The Bertz CT molecular complexity index is 714. The van der Waals surface area contributed by atoms with Gasteiger partial charge >= 0.3 is 5.69 Å². The fourth-order valence-electron chi connectivity index (χ4n) is 1.70. The number of aromatic nitrogens is 3. The van der Waals surface area contributed by atoms with Crippen LogP contribution in [0.3, 0.4) is 0 Å². The Labute approximate surface area is 130 Å². The first-order chi connectivity index (χ1) is 9.88. The van der Waals surface area contributed by atoms with Gasteiger partial charge in [-0.05, 0) is 12.1 Å². The minimum absolute atomic E-state index is 0.0634. The molecule has 7 nitrogen and oxygen atoms in total. The molecule has 2 rings (SSSR count). The van der Waals surface area contributed by atoms with Crippen LogP contribution >= 0.6 is 23.2 Å². The number of carbonyl (C=O) groups excluding carboxylic acids is 1. The SMILES string of the molecule is Cn1cnn(CCC(=O)Nc2c(Cl)cc(N)cc2Cl)c1=O. The lowest BCUT2D eigenvalue weighted by atomic mass is 10.2. The smallest absolute Gasteiger partial charge is 0.345 e. The van der Waals surface area contributed by atoms with Crippen LogP contribution in [0.1, 0.15) is 6.42 Å². The average Bonchev–Trinajstić information content (AvgIpc) is 2.72. The number of hydrogen-bond donors (Lipinski definition) is 2. The van der Waals surface area contributed by atoms with Crippen LogP contribution in [-0.4, -0.2) is 20.3 Å². The summed E-state index contributed by atoms with van der Waals surface area (Å²) in [4.78, 5) is 23.4. The largest absolute Gasteiger partial charge is 0.399 e. The van der Waals surface area contributed by atoms with E-state index in [-0.39, 0.29) is 34.6 Å². The molecule has 0 aliphatic rings. The van der Waals surface area contributed by atoms with E-state index >= 15 is 0 Å². The number of hydrogen-bond acceptors (Lipinski definition) is 4. The Kier molecular flexibility index (Phi) is 4.54. The Morgan fingerprint density at radius 3 is 2.52 bits per heavy atom. The second kappa shape index (κ2) is 6.19. The van der Waals surface area contributed by atoms with E-state index in [1.54, 1.807) is 7.05 Å². The first-order valence-electron chi connectivity index (χ1n) is 6.01. The van der Waals surface area contributed by atoms with Crippen molar-refractivity contribution in [1.29, 1.82) is 0 Å². The van der Waals surface area contributed by atoms with Gasteiger partial charge in [0.15, 0.2) is 0 Å². The van der Waals surface area contributed by atoms with Crippen LogP contribution in [0.5, 0.6) is 0 Å². The van der Waals surface area contributed by atoms with Gasteiger partial charge in [-0.25, -0.2) is 9.48 Å². The molecule has 0 atom stereocenters. The zero-order valence-corrected chi connectivity index (χ0v) is 12.6. The predicted molar refractivity (Wildman–Crippen MR) is 81.6 cm³/mol. The zero-order valence-electron chi connectivity index (χ0n) is 11.1. The number of halogens is 2. The van der Waals surface area contributed by atoms with E-state index in [2.05, 4.69) is 10.4 Å². The van der Waals surface area contributed by atoms with Gasteiger partial charge in [0.1, 0.15) is 6.33 Å². The average molecular weight is 330 g/mol. The summed E-state index contributed by atoms with van der Waals surface area (Å²) >= 11 is 11.9. The van der Waals surface area contributed by atoms with Crippen molar-refractivity contribution in [2.24, 2.45) is 7.05 Å². The molecule has 0 unspecified atom stereocenters. The van der Waals surface area contributed by atoms with Crippen molar-refractivity contribution in [1.82, 2.24) is 14.3 Å². The van der Waals surface area contributed by atoms with Gasteiger partial charge < -0.3 is 11.1 Å². The topological polar surface area (TPSA) is 94.9 Å². The molecule has 2 aromatic rings. The molecular formula is C12H13Cl2N5O2. The highest BCUT2D eigenvalue weighted by atomic mass is 35.5. The highest BCUT2D eigenvalue weighted by Crippen LogP contribution is 2.32. The zero-order chi connectivity index (χ0) is 15.6. The van der Waals surface area contributed by atoms with Gasteiger partial charge in [-0.1, -0.05) is 23.2 Å². The van der Waals surface area contributed by atoms with Crippen LogP contribution in [0.4, 0.5) is 11.4 Å². The summed E-state index contributed by atoms with van der Waals surface area (Å²) in [6.07, 6.45) is 1.45. The molecule has 1 amide bonds. The van der Waals surface area contributed by atoms with Crippen LogP contribution in [0.2, 0.25) is 10.0 Å². The molecule has 0 aliphatic carbocycles. The van der Waals surface area contributed by atoms with Crippen molar-refractivity contribution in [3.8, 4) is 0 Å². The molecule has 0 spiro atoms. The minimum atomic E-state index is -0.332. The molecular weight excluding hydrogens is 317 g/mol. The molecule has 0 saturated heterocycles. The van der Waals surface area contributed by atoms with E-state index in [4.69, 9.17) is 28.9 Å². The number of rotatable bonds is 4. The Morgan fingerprint density at radius 2 is 2.00 bits per heavy atom. The molecule has 1 heterocycles. The third kappa shape index (κ3) is 3.56. The highest BCUT2D eigenvalue weighted by Gasteiger charge is 2.12. The van der Waals surface area contributed by atoms with E-state index in [1.165, 1.54) is 27.7 Å². The summed E-state index contributed by atoms with van der Waals surface area (Å²) in [5.41, 5.74) is 6.00. The number of carbonyl (C=O) groups is 1. The number of aryl methyl sites for hydroxylation is 2. The standard InChI is InChI=1S/C12H13Cl2N5O2/c1-18-6-16-19(12(18)21)3-2-10(20)17-11-8(13)4-7(15)5-9(11)14/h4-6H,2-3,15H2,1H3,(H,17,20). The summed E-state index contributed by atoms with van der Waals surface area (Å²) in [7, 11) is 1.58. The second-order valence-electron chi connectivity index (χ2n) is 4.41. The number of amides is 1. The van der Waals surface area contributed by atoms with Crippen LogP contribution in [0.15, 0.2) is 23.3 Å². The van der Waals surface area contributed by atoms with E-state index in [0.717, 1.165) is 0 Å². The Hall–Kier alpha value is -1.99. The molecule has 0 radical (unpaired) electrons. The van der Waals surface area contributed by atoms with E-state index in [9.17, 15) is 9.59 Å². The molecule has 21 heavy (non-hydrogen) atoms. The first kappa shape index (κ1) is 15.4. The van der Waals surface area contributed by atoms with Crippen molar-refractivity contribution < 1.29 is 4.79 Å². The minimum Gasteiger partial charge on any atom is -0.399 e. The van der Waals surface area contributed by atoms with Crippen LogP contribution in [0.25, 0.3) is 0 Å². The highest BCUT2D eigenvalue weighted by molar-refractivity contribution is 6.40. The lowest BCUT2D eigenvalue weighted by Crippen LogP contribution is -2.25. The predicted octanol–water partition coefficient (Wildman–Crippen LogP) is 1.50. The number of nitrogens with zero attached hydrogens (tertiary/aromatic N) is 3. The number of benzene rings is 1. The normalized spacial score (nSPS) is 10.6. The fraction of sp³-hybridized carbons (Fsp3) is 0.250. The second-order valence-corrected chi connectivity index (χ2v) is 5.22. The fourth-order valence-corrected chi connectivity index (χ4v) is 2.29. The van der Waals surface area contributed by atoms with Gasteiger partial charge in [0.05, 0.1) is 22.3 Å². The monoisotopic (exact) mass is 329 g/mol. The van der Waals surface area contributed by atoms with Crippen molar-refractivity contribution in [2.75, 3.05) is 11.1 Å². The van der Waals surface area contributed by atoms with Gasteiger partial charge in [-0.2, -0.15) is 5.10 Å². The lowest BCUT2D eigenvalue weighted by Gasteiger charge is -2.10. The summed E-state index contributed by atoms with van der Waals surface area (Å²) in [6, 6.07) is 2.98. The lowest BCUT2D eigenvalue weighted by molar-refractivity contribution is -0.116. The molecule has 1 aromatic carbocycles. The molecule has 3 N–H and O–H groups in total. The van der Waals surface area contributed by atoms with E-state index in [0.29, 0.717) is 11.4 Å². The first-order valence-corrected chi connectivity index (χ1v) is 6.77. The number of nitrogen functional groups attached to an aromatic ring is 1. The molecule has 112 valence electrons. The van der Waals surface area contributed by atoms with Crippen molar-refractivity contribution >= 4 is 40.5 Å². The molecule has 1 aromatic heterocycles. The van der Waals surface area contributed by atoms with Gasteiger partial charge in [-0.3, -0.25) is 9.36 Å². The summed E-state index contributed by atoms with van der Waals surface area (Å²) < 4.78 is 2.53. The number of nitrogens with two attached hydrogens (primary N) is 1. The van der Waals surface area contributed by atoms with E-state index in [1.807, 2.05) is 0 Å². The molecule has 9 heteroatoms. The Morgan fingerprint density at radius 1 is 1.38 bits per heavy atom. The number of anilines is 2. The van der Waals surface area contributed by atoms with Gasteiger partial charge in [0.25, 0.3) is 0 Å². The molecule has 0 aliphatic heterocycles. The van der Waals surface area contributed by atoms with Gasteiger partial charge in [0.2, 0.25) is 5.91 Å². The summed E-state index contributed by atoms with van der Waals surface area (Å²) in [5, 5.41) is 6.96. The third-order valence-electron chi connectivity index (χ3n) is 2.77. The number of nitrogens with one attached hydrogen (secondary N) is 1. The quantitative estimate of drug-likeness (QED) is 0.831. The van der Waals surface area contributed by atoms with Gasteiger partial charge in [-0.15, -0.1) is 0 Å².